The molecule has 1 N–H and O–H groups in total. The van der Waals surface area contributed by atoms with Gasteiger partial charge in [0.05, 0.1) is 0 Å². The third-order valence-corrected chi connectivity index (χ3v) is 2.08. The Labute approximate surface area is 59.6 Å². The van der Waals surface area contributed by atoms with Crippen molar-refractivity contribution in [3.05, 3.63) is 0 Å². The van der Waals surface area contributed by atoms with Crippen LogP contribution in [-0.2, 0) is 4.79 Å². The van der Waals surface area contributed by atoms with E-state index >= 15 is 0 Å². The van der Waals surface area contributed by atoms with Gasteiger partial charge in [-0.1, -0.05) is 6.92 Å². The molecule has 0 saturated carbocycles. The maximum Gasteiger partial charge on any atom is 0.129 e. The Hall–Kier alpha value is -0.0200. The van der Waals surface area contributed by atoms with Crippen molar-refractivity contribution in [2.24, 2.45) is 5.92 Å². The summed E-state index contributed by atoms with van der Waals surface area (Å²) in [6, 6.07) is 0. The Balaban J connectivity index is 2.96. The van der Waals surface area contributed by atoms with E-state index in [1.54, 1.807) is 11.8 Å². The summed E-state index contributed by atoms with van der Waals surface area (Å²) in [5.41, 5.74) is 0. The first-order valence-electron chi connectivity index (χ1n) is 2.93. The molecular formula is C6H12O2S. The zero-order chi connectivity index (χ0) is 7.11. The van der Waals surface area contributed by atoms with Gasteiger partial charge in [0.15, 0.2) is 0 Å². The average Bonchev–Trinajstić information content (AvgIpc) is 1.89. The Bertz CT molecular complexity index is 75.5. The summed E-state index contributed by atoms with van der Waals surface area (Å²) in [7, 11) is 0. The van der Waals surface area contributed by atoms with Gasteiger partial charge in [-0.05, 0) is 11.7 Å². The van der Waals surface area contributed by atoms with E-state index in [2.05, 4.69) is 0 Å². The Kier molecular flexibility index (Phi) is 6.09. The van der Waals surface area contributed by atoms with Gasteiger partial charge in [0, 0.05) is 12.4 Å². The molecule has 2 nitrogen and oxygen atoms in total. The SMILES string of the molecule is CC(CO)CSCC=O. The molecule has 0 saturated heterocycles. The van der Waals surface area contributed by atoms with Crippen molar-refractivity contribution < 1.29 is 9.90 Å². The van der Waals surface area contributed by atoms with Crippen LogP contribution >= 0.6 is 11.8 Å². The van der Waals surface area contributed by atoms with Crippen LogP contribution in [0.15, 0.2) is 0 Å². The number of aldehydes is 1. The molecular weight excluding hydrogens is 136 g/mol. The third kappa shape index (κ3) is 5.86. The van der Waals surface area contributed by atoms with Crippen LogP contribution in [0, 0.1) is 5.92 Å². The largest absolute Gasteiger partial charge is 0.396 e. The summed E-state index contributed by atoms with van der Waals surface area (Å²) in [4.78, 5) is 9.79. The molecule has 1 unspecified atom stereocenters. The fourth-order valence-electron chi connectivity index (χ4n) is 0.370. The highest BCUT2D eigenvalue weighted by Crippen LogP contribution is 2.05. The van der Waals surface area contributed by atoms with Crippen molar-refractivity contribution in [1.29, 1.82) is 0 Å². The molecule has 0 fully saturated rings. The quantitative estimate of drug-likeness (QED) is 0.457. The maximum absolute atomic E-state index is 9.79. The molecule has 54 valence electrons. The van der Waals surface area contributed by atoms with E-state index in [1.165, 1.54) is 0 Å². The lowest BCUT2D eigenvalue weighted by atomic mass is 10.2. The van der Waals surface area contributed by atoms with Crippen LogP contribution < -0.4 is 0 Å². The highest BCUT2D eigenvalue weighted by atomic mass is 32.2. The molecule has 9 heavy (non-hydrogen) atoms. The first-order valence-corrected chi connectivity index (χ1v) is 4.09. The summed E-state index contributed by atoms with van der Waals surface area (Å²) in [5, 5.41) is 8.53. The first-order chi connectivity index (χ1) is 4.31. The highest BCUT2D eigenvalue weighted by Gasteiger charge is 1.97. The van der Waals surface area contributed by atoms with Crippen LogP contribution in [0.1, 0.15) is 6.92 Å². The summed E-state index contributed by atoms with van der Waals surface area (Å²) in [6.45, 7) is 2.17. The predicted octanol–water partition coefficient (Wildman–Crippen LogP) is 0.547. The normalized spacial score (nSPS) is 13.1. The van der Waals surface area contributed by atoms with Crippen LogP contribution in [0.2, 0.25) is 0 Å². The van der Waals surface area contributed by atoms with Crippen molar-refractivity contribution >= 4 is 18.0 Å². The Morgan fingerprint density at radius 1 is 1.78 bits per heavy atom. The van der Waals surface area contributed by atoms with Gasteiger partial charge in [0.2, 0.25) is 0 Å². The van der Waals surface area contributed by atoms with Gasteiger partial charge in [-0.2, -0.15) is 11.8 Å². The molecule has 0 aromatic carbocycles. The van der Waals surface area contributed by atoms with Crippen molar-refractivity contribution in [3.8, 4) is 0 Å². The minimum absolute atomic E-state index is 0.214. The van der Waals surface area contributed by atoms with Gasteiger partial charge < -0.3 is 9.90 Å². The number of aliphatic hydroxyl groups is 1. The van der Waals surface area contributed by atoms with Crippen LogP contribution in [0.4, 0.5) is 0 Å². The van der Waals surface area contributed by atoms with Crippen LogP contribution in [-0.4, -0.2) is 29.5 Å². The van der Waals surface area contributed by atoms with Crippen molar-refractivity contribution in [2.45, 2.75) is 6.92 Å². The predicted molar refractivity (Wildman–Crippen MR) is 39.6 cm³/mol. The van der Waals surface area contributed by atoms with Gasteiger partial charge in [-0.25, -0.2) is 0 Å². The third-order valence-electron chi connectivity index (χ3n) is 0.900. The van der Waals surface area contributed by atoms with Crippen molar-refractivity contribution in [3.63, 3.8) is 0 Å². The van der Waals surface area contributed by atoms with Gasteiger partial charge in [-0.15, -0.1) is 0 Å². The molecule has 0 spiro atoms. The number of hydrogen-bond donors (Lipinski definition) is 1. The molecule has 0 aromatic heterocycles. The molecule has 0 aromatic rings. The van der Waals surface area contributed by atoms with Gasteiger partial charge in [0.25, 0.3) is 0 Å². The van der Waals surface area contributed by atoms with Crippen LogP contribution in [0.3, 0.4) is 0 Å². The molecule has 0 heterocycles. The molecule has 1 atom stereocenters. The number of aliphatic hydroxyl groups excluding tert-OH is 1. The van der Waals surface area contributed by atoms with E-state index < -0.39 is 0 Å². The van der Waals surface area contributed by atoms with Crippen molar-refractivity contribution in [2.75, 3.05) is 18.1 Å². The van der Waals surface area contributed by atoms with Crippen molar-refractivity contribution in [1.82, 2.24) is 0 Å². The summed E-state index contributed by atoms with van der Waals surface area (Å²) in [6.07, 6.45) is 0.884. The smallest absolute Gasteiger partial charge is 0.129 e. The van der Waals surface area contributed by atoms with E-state index in [9.17, 15) is 4.79 Å². The molecule has 0 rings (SSSR count). The highest BCUT2D eigenvalue weighted by molar-refractivity contribution is 7.99. The molecule has 0 aliphatic rings. The topological polar surface area (TPSA) is 37.3 Å². The van der Waals surface area contributed by atoms with E-state index in [4.69, 9.17) is 5.11 Å². The lowest BCUT2D eigenvalue weighted by Crippen LogP contribution is -2.03. The second-order valence-electron chi connectivity index (χ2n) is 1.99. The zero-order valence-corrected chi connectivity index (χ0v) is 6.36. The van der Waals surface area contributed by atoms with E-state index in [-0.39, 0.29) is 6.61 Å². The molecule has 3 heteroatoms. The molecule has 0 aliphatic carbocycles. The molecule has 0 radical (unpaired) electrons. The summed E-state index contributed by atoms with van der Waals surface area (Å²) < 4.78 is 0. The van der Waals surface area contributed by atoms with E-state index in [0.29, 0.717) is 11.7 Å². The summed E-state index contributed by atoms with van der Waals surface area (Å²) >= 11 is 1.56. The number of rotatable bonds is 5. The minimum atomic E-state index is 0.214. The fourth-order valence-corrected chi connectivity index (χ4v) is 1.11. The standard InChI is InChI=1S/C6H12O2S/c1-6(4-8)5-9-3-2-7/h2,6,8H,3-5H2,1H3. The monoisotopic (exact) mass is 148 g/mol. The van der Waals surface area contributed by atoms with E-state index in [1.807, 2.05) is 6.92 Å². The number of hydrogen-bond acceptors (Lipinski definition) is 3. The van der Waals surface area contributed by atoms with E-state index in [0.717, 1.165) is 12.0 Å². The minimum Gasteiger partial charge on any atom is -0.396 e. The molecule has 0 aliphatic heterocycles. The maximum atomic E-state index is 9.79. The van der Waals surface area contributed by atoms with Gasteiger partial charge in [0.1, 0.15) is 6.29 Å². The second kappa shape index (κ2) is 6.11. The lowest BCUT2D eigenvalue weighted by Gasteiger charge is -2.03. The number of carbonyl (C=O) groups is 1. The second-order valence-corrected chi connectivity index (χ2v) is 3.07. The first kappa shape index (κ1) is 8.98. The fraction of sp³-hybridized carbons (Fsp3) is 0.833. The number of thioether (sulfide) groups is 1. The zero-order valence-electron chi connectivity index (χ0n) is 5.54. The van der Waals surface area contributed by atoms with Crippen LogP contribution in [0.25, 0.3) is 0 Å². The Morgan fingerprint density at radius 2 is 2.44 bits per heavy atom. The molecule has 0 amide bonds. The lowest BCUT2D eigenvalue weighted by molar-refractivity contribution is -0.105. The van der Waals surface area contributed by atoms with Gasteiger partial charge >= 0.3 is 0 Å². The Morgan fingerprint density at radius 3 is 2.89 bits per heavy atom. The van der Waals surface area contributed by atoms with Gasteiger partial charge in [-0.3, -0.25) is 0 Å². The van der Waals surface area contributed by atoms with Crippen LogP contribution in [0.5, 0.6) is 0 Å². The number of carbonyl (C=O) groups excluding carboxylic acids is 1. The molecule has 0 bridgehead atoms. The summed E-state index contributed by atoms with van der Waals surface area (Å²) in [5.74, 6) is 1.73. The average molecular weight is 148 g/mol.